The minimum absolute atomic E-state index is 0.263. The number of aromatic amines is 1. The first kappa shape index (κ1) is 13.6. The van der Waals surface area contributed by atoms with Crippen molar-refractivity contribution in [1.29, 1.82) is 0 Å². The third-order valence-corrected chi connectivity index (χ3v) is 3.65. The predicted molar refractivity (Wildman–Crippen MR) is 77.4 cm³/mol. The van der Waals surface area contributed by atoms with Crippen LogP contribution in [0.5, 0.6) is 0 Å². The Bertz CT molecular complexity index is 611. The van der Waals surface area contributed by atoms with E-state index in [-0.39, 0.29) is 5.82 Å². The van der Waals surface area contributed by atoms with E-state index in [1.165, 1.54) is 12.1 Å². The molecular formula is C11H11FIN3OS. The van der Waals surface area contributed by atoms with E-state index in [9.17, 15) is 4.39 Å². The Morgan fingerprint density at radius 2 is 2.33 bits per heavy atom. The van der Waals surface area contributed by atoms with Crippen molar-refractivity contribution in [3.05, 3.63) is 32.4 Å². The predicted octanol–water partition coefficient (Wildman–Crippen LogP) is 3.00. The van der Waals surface area contributed by atoms with E-state index in [1.807, 2.05) is 4.57 Å². The molecule has 0 aliphatic carbocycles. The van der Waals surface area contributed by atoms with Gasteiger partial charge in [-0.1, -0.05) is 0 Å². The van der Waals surface area contributed by atoms with Crippen LogP contribution < -0.4 is 0 Å². The third kappa shape index (κ3) is 2.78. The molecule has 0 amide bonds. The molecule has 0 aliphatic heterocycles. The van der Waals surface area contributed by atoms with Crippen LogP contribution in [0.15, 0.2) is 18.2 Å². The van der Waals surface area contributed by atoms with Crippen LogP contribution in [0.1, 0.15) is 0 Å². The van der Waals surface area contributed by atoms with E-state index in [1.54, 1.807) is 13.2 Å². The Labute approximate surface area is 122 Å². The largest absolute Gasteiger partial charge is 0.383 e. The highest BCUT2D eigenvalue weighted by molar-refractivity contribution is 14.1. The Hall–Kier alpha value is -0.800. The van der Waals surface area contributed by atoms with Gasteiger partial charge in [-0.3, -0.25) is 9.67 Å². The first-order valence-corrected chi connectivity index (χ1v) is 6.71. The molecule has 7 heteroatoms. The summed E-state index contributed by atoms with van der Waals surface area (Å²) in [6.45, 7) is 1.15. The zero-order valence-electron chi connectivity index (χ0n) is 9.61. The molecule has 0 saturated heterocycles. The van der Waals surface area contributed by atoms with Crippen molar-refractivity contribution in [2.75, 3.05) is 13.7 Å². The molecule has 0 fully saturated rings. The second-order valence-electron chi connectivity index (χ2n) is 3.62. The van der Waals surface area contributed by atoms with Crippen molar-refractivity contribution in [3.8, 4) is 11.4 Å². The monoisotopic (exact) mass is 379 g/mol. The average Bonchev–Trinajstić information content (AvgIpc) is 2.68. The van der Waals surface area contributed by atoms with Gasteiger partial charge in [0.2, 0.25) is 0 Å². The van der Waals surface area contributed by atoms with Gasteiger partial charge < -0.3 is 4.74 Å². The van der Waals surface area contributed by atoms with E-state index in [4.69, 9.17) is 17.0 Å². The summed E-state index contributed by atoms with van der Waals surface area (Å²) in [7, 11) is 1.63. The number of nitrogens with zero attached hydrogens (tertiary/aromatic N) is 2. The normalized spacial score (nSPS) is 10.8. The van der Waals surface area contributed by atoms with E-state index in [0.717, 1.165) is 9.13 Å². The lowest BCUT2D eigenvalue weighted by Gasteiger charge is -2.07. The average molecular weight is 379 g/mol. The van der Waals surface area contributed by atoms with Gasteiger partial charge in [0.05, 0.1) is 13.2 Å². The van der Waals surface area contributed by atoms with Crippen molar-refractivity contribution in [2.24, 2.45) is 0 Å². The SMILES string of the molecule is COCCn1c(-c2ccc(F)cc2I)n[nH]c1=S. The molecule has 0 saturated carbocycles. The lowest BCUT2D eigenvalue weighted by molar-refractivity contribution is 0.187. The smallest absolute Gasteiger partial charge is 0.195 e. The van der Waals surface area contributed by atoms with E-state index in [0.29, 0.717) is 23.7 Å². The number of hydrogen-bond donors (Lipinski definition) is 1. The first-order chi connectivity index (χ1) is 8.63. The van der Waals surface area contributed by atoms with Crippen molar-refractivity contribution in [3.63, 3.8) is 0 Å². The maximum absolute atomic E-state index is 13.1. The van der Waals surface area contributed by atoms with E-state index in [2.05, 4.69) is 32.8 Å². The van der Waals surface area contributed by atoms with Crippen molar-refractivity contribution in [1.82, 2.24) is 14.8 Å². The van der Waals surface area contributed by atoms with Crippen LogP contribution in [-0.2, 0) is 11.3 Å². The molecule has 0 radical (unpaired) electrons. The second-order valence-corrected chi connectivity index (χ2v) is 5.17. The summed E-state index contributed by atoms with van der Waals surface area (Å²) in [5, 5.41) is 6.94. The highest BCUT2D eigenvalue weighted by Crippen LogP contribution is 2.24. The second kappa shape index (κ2) is 5.89. The summed E-state index contributed by atoms with van der Waals surface area (Å²) in [5.41, 5.74) is 0.848. The summed E-state index contributed by atoms with van der Waals surface area (Å²) in [6.07, 6.45) is 0. The van der Waals surface area contributed by atoms with Gasteiger partial charge in [0, 0.05) is 16.2 Å². The third-order valence-electron chi connectivity index (χ3n) is 2.45. The fourth-order valence-corrected chi connectivity index (χ4v) is 2.53. The van der Waals surface area contributed by atoms with Crippen molar-refractivity contribution in [2.45, 2.75) is 6.54 Å². The quantitative estimate of drug-likeness (QED) is 0.656. The van der Waals surface area contributed by atoms with Crippen LogP contribution in [0.25, 0.3) is 11.4 Å². The Morgan fingerprint density at radius 3 is 3.00 bits per heavy atom. The zero-order chi connectivity index (χ0) is 13.1. The van der Waals surface area contributed by atoms with Crippen LogP contribution in [0, 0.1) is 14.2 Å². The molecular weight excluding hydrogens is 368 g/mol. The van der Waals surface area contributed by atoms with Gasteiger partial charge in [-0.25, -0.2) is 4.39 Å². The molecule has 2 aromatic rings. The molecule has 1 aromatic heterocycles. The van der Waals surface area contributed by atoms with Gasteiger partial charge in [-0.2, -0.15) is 5.10 Å². The standard InChI is InChI=1S/C11H11FIN3OS/c1-17-5-4-16-10(14-15-11(16)18)8-3-2-7(12)6-9(8)13/h2-3,6H,4-5H2,1H3,(H,15,18). The summed E-state index contributed by atoms with van der Waals surface area (Å²) in [6, 6.07) is 4.58. The maximum Gasteiger partial charge on any atom is 0.195 e. The van der Waals surface area contributed by atoms with Crippen molar-refractivity contribution >= 4 is 34.8 Å². The van der Waals surface area contributed by atoms with Crippen molar-refractivity contribution < 1.29 is 9.13 Å². The highest BCUT2D eigenvalue weighted by atomic mass is 127. The Kier molecular flexibility index (Phi) is 4.46. The number of benzene rings is 1. The van der Waals surface area contributed by atoms with Crippen LogP contribution in [0.2, 0.25) is 0 Å². The fourth-order valence-electron chi connectivity index (χ4n) is 1.58. The number of hydrogen-bond acceptors (Lipinski definition) is 3. The number of nitrogens with one attached hydrogen (secondary N) is 1. The molecule has 18 heavy (non-hydrogen) atoms. The molecule has 1 N–H and O–H groups in total. The molecule has 0 spiro atoms. The number of methoxy groups -OCH3 is 1. The van der Waals surface area contributed by atoms with E-state index >= 15 is 0 Å². The molecule has 0 unspecified atom stereocenters. The zero-order valence-corrected chi connectivity index (χ0v) is 12.6. The minimum Gasteiger partial charge on any atom is -0.383 e. The van der Waals surface area contributed by atoms with Gasteiger partial charge >= 0.3 is 0 Å². The molecule has 96 valence electrons. The Balaban J connectivity index is 2.47. The summed E-state index contributed by atoms with van der Waals surface area (Å²) >= 11 is 7.25. The van der Waals surface area contributed by atoms with Crippen LogP contribution in [0.3, 0.4) is 0 Å². The van der Waals surface area contributed by atoms with Crippen LogP contribution in [-0.4, -0.2) is 28.5 Å². The molecule has 0 bridgehead atoms. The number of H-pyrrole nitrogens is 1. The van der Waals surface area contributed by atoms with Gasteiger partial charge in [-0.05, 0) is 53.0 Å². The molecule has 0 atom stereocenters. The summed E-state index contributed by atoms with van der Waals surface area (Å²) < 4.78 is 21.3. The van der Waals surface area contributed by atoms with Crippen LogP contribution in [0.4, 0.5) is 4.39 Å². The summed E-state index contributed by atoms with van der Waals surface area (Å²) in [5.74, 6) is 0.433. The maximum atomic E-state index is 13.1. The minimum atomic E-state index is -0.263. The first-order valence-electron chi connectivity index (χ1n) is 5.23. The molecule has 4 nitrogen and oxygen atoms in total. The molecule has 1 heterocycles. The van der Waals surface area contributed by atoms with Crippen LogP contribution >= 0.6 is 34.8 Å². The number of ether oxygens (including phenoxy) is 1. The lowest BCUT2D eigenvalue weighted by Crippen LogP contribution is -2.06. The molecule has 2 rings (SSSR count). The van der Waals surface area contributed by atoms with Gasteiger partial charge in [-0.15, -0.1) is 0 Å². The van der Waals surface area contributed by atoms with Gasteiger partial charge in [0.15, 0.2) is 10.6 Å². The Morgan fingerprint density at radius 1 is 1.56 bits per heavy atom. The van der Waals surface area contributed by atoms with Gasteiger partial charge in [0.1, 0.15) is 5.82 Å². The summed E-state index contributed by atoms with van der Waals surface area (Å²) in [4.78, 5) is 0. The highest BCUT2D eigenvalue weighted by Gasteiger charge is 2.12. The number of halogens is 2. The number of rotatable bonds is 4. The molecule has 1 aromatic carbocycles. The fraction of sp³-hybridized carbons (Fsp3) is 0.273. The van der Waals surface area contributed by atoms with E-state index < -0.39 is 0 Å². The van der Waals surface area contributed by atoms with Gasteiger partial charge in [0.25, 0.3) is 0 Å². The molecule has 0 aliphatic rings. The number of aromatic nitrogens is 3. The lowest BCUT2D eigenvalue weighted by atomic mass is 10.2. The topological polar surface area (TPSA) is 42.8 Å².